The summed E-state index contributed by atoms with van der Waals surface area (Å²) in [5.41, 5.74) is 6.51. The zero-order chi connectivity index (χ0) is 14.8. The third-order valence-electron chi connectivity index (χ3n) is 3.98. The van der Waals surface area contributed by atoms with Crippen LogP contribution in [0.2, 0.25) is 5.02 Å². The van der Waals surface area contributed by atoms with Crippen LogP contribution in [0.25, 0.3) is 0 Å². The normalized spacial score (nSPS) is 20.7. The lowest BCUT2D eigenvalue weighted by atomic mass is 10.1. The highest BCUT2D eigenvalue weighted by molar-refractivity contribution is 6.32. The zero-order valence-corrected chi connectivity index (χ0v) is 12.6. The average Bonchev–Trinajstić information content (AvgIpc) is 2.96. The third kappa shape index (κ3) is 3.09. The summed E-state index contributed by atoms with van der Waals surface area (Å²) in [4.78, 5) is 14.2. The van der Waals surface area contributed by atoms with Gasteiger partial charge in [-0.1, -0.05) is 11.6 Å². The van der Waals surface area contributed by atoms with Crippen molar-refractivity contribution in [3.63, 3.8) is 0 Å². The summed E-state index contributed by atoms with van der Waals surface area (Å²) in [5, 5.41) is 0.497. The minimum Gasteiger partial charge on any atom is -0.486 e. The lowest BCUT2D eigenvalue weighted by Gasteiger charge is -2.21. The summed E-state index contributed by atoms with van der Waals surface area (Å²) < 4.78 is 11.0. The van der Waals surface area contributed by atoms with Crippen molar-refractivity contribution in [3.05, 3.63) is 22.7 Å². The summed E-state index contributed by atoms with van der Waals surface area (Å²) >= 11 is 6.19. The number of carbonyl (C=O) groups excluding carboxylic acids is 1. The quantitative estimate of drug-likeness (QED) is 0.918. The Kier molecular flexibility index (Phi) is 4.22. The van der Waals surface area contributed by atoms with Gasteiger partial charge in [-0.25, -0.2) is 0 Å². The van der Waals surface area contributed by atoms with E-state index in [4.69, 9.17) is 26.8 Å². The highest BCUT2D eigenvalue weighted by Gasteiger charge is 2.26. The maximum atomic E-state index is 12.3. The molecule has 0 saturated carbocycles. The highest BCUT2D eigenvalue weighted by atomic mass is 35.5. The summed E-state index contributed by atoms with van der Waals surface area (Å²) in [7, 11) is 0. The number of benzene rings is 1. The number of hydrogen-bond acceptors (Lipinski definition) is 4. The molecule has 1 aromatic carbocycles. The van der Waals surface area contributed by atoms with Crippen LogP contribution in [0.4, 0.5) is 0 Å². The van der Waals surface area contributed by atoms with Gasteiger partial charge in [-0.2, -0.15) is 0 Å². The van der Waals surface area contributed by atoms with Gasteiger partial charge in [-0.3, -0.25) is 4.79 Å². The molecule has 2 aliphatic heterocycles. The molecule has 0 spiro atoms. The van der Waals surface area contributed by atoms with Crippen molar-refractivity contribution in [2.75, 3.05) is 32.8 Å². The van der Waals surface area contributed by atoms with Crippen LogP contribution in [0.1, 0.15) is 12.0 Å². The SMILES string of the molecule is NCC1CCN(C(=O)Cc2cc(Cl)c3c(c2)OCCO3)C1. The van der Waals surface area contributed by atoms with Gasteiger partial charge in [-0.15, -0.1) is 0 Å². The van der Waals surface area contributed by atoms with Crippen molar-refractivity contribution in [2.24, 2.45) is 11.7 Å². The van der Waals surface area contributed by atoms with E-state index in [1.54, 1.807) is 6.07 Å². The molecule has 1 saturated heterocycles. The predicted octanol–water partition coefficient (Wildman–Crippen LogP) is 1.46. The monoisotopic (exact) mass is 310 g/mol. The molecule has 0 radical (unpaired) electrons. The van der Waals surface area contributed by atoms with Crippen LogP contribution < -0.4 is 15.2 Å². The van der Waals surface area contributed by atoms with Crippen LogP contribution in [0.15, 0.2) is 12.1 Å². The van der Waals surface area contributed by atoms with Crippen molar-refractivity contribution in [1.82, 2.24) is 4.90 Å². The van der Waals surface area contributed by atoms with E-state index in [0.29, 0.717) is 48.6 Å². The van der Waals surface area contributed by atoms with Crippen molar-refractivity contribution < 1.29 is 14.3 Å². The third-order valence-corrected chi connectivity index (χ3v) is 4.26. The fourth-order valence-corrected chi connectivity index (χ4v) is 3.09. The van der Waals surface area contributed by atoms with Crippen molar-refractivity contribution >= 4 is 17.5 Å². The second kappa shape index (κ2) is 6.12. The standard InChI is InChI=1S/C15H19ClN2O3/c16-12-5-11(6-13-15(12)21-4-3-20-13)7-14(19)18-2-1-10(8-17)9-18/h5-6,10H,1-4,7-9,17H2. The van der Waals surface area contributed by atoms with Crippen molar-refractivity contribution in [2.45, 2.75) is 12.8 Å². The zero-order valence-electron chi connectivity index (χ0n) is 11.8. The Balaban J connectivity index is 1.70. The number of likely N-dealkylation sites (tertiary alicyclic amines) is 1. The van der Waals surface area contributed by atoms with Gasteiger partial charge in [0.05, 0.1) is 11.4 Å². The molecule has 2 aliphatic rings. The highest BCUT2D eigenvalue weighted by Crippen LogP contribution is 2.38. The Morgan fingerprint density at radius 3 is 2.95 bits per heavy atom. The Morgan fingerprint density at radius 2 is 2.19 bits per heavy atom. The molecular weight excluding hydrogens is 292 g/mol. The Morgan fingerprint density at radius 1 is 1.38 bits per heavy atom. The Hall–Kier alpha value is -1.46. The van der Waals surface area contributed by atoms with E-state index in [-0.39, 0.29) is 5.91 Å². The minimum absolute atomic E-state index is 0.110. The van der Waals surface area contributed by atoms with Gasteiger partial charge in [0, 0.05) is 13.1 Å². The first-order valence-corrected chi connectivity index (χ1v) is 7.61. The fourth-order valence-electron chi connectivity index (χ4n) is 2.80. The van der Waals surface area contributed by atoms with Crippen LogP contribution in [0, 0.1) is 5.92 Å². The average molecular weight is 311 g/mol. The summed E-state index contributed by atoms with van der Waals surface area (Å²) in [6.07, 6.45) is 1.32. The van der Waals surface area contributed by atoms with Gasteiger partial charge in [0.2, 0.25) is 5.91 Å². The Labute approximate surface area is 128 Å². The molecule has 114 valence electrons. The first-order chi connectivity index (χ1) is 10.2. The number of nitrogens with zero attached hydrogens (tertiary/aromatic N) is 1. The van der Waals surface area contributed by atoms with E-state index < -0.39 is 0 Å². The molecule has 1 atom stereocenters. The van der Waals surface area contributed by atoms with Crippen LogP contribution in [-0.2, 0) is 11.2 Å². The van der Waals surface area contributed by atoms with Gasteiger partial charge < -0.3 is 20.1 Å². The van der Waals surface area contributed by atoms with Crippen molar-refractivity contribution in [3.8, 4) is 11.5 Å². The molecule has 3 rings (SSSR count). The number of halogens is 1. The number of amides is 1. The topological polar surface area (TPSA) is 64.8 Å². The van der Waals surface area contributed by atoms with E-state index >= 15 is 0 Å². The molecule has 1 unspecified atom stereocenters. The van der Waals surface area contributed by atoms with Crippen LogP contribution in [-0.4, -0.2) is 43.7 Å². The maximum Gasteiger partial charge on any atom is 0.227 e. The maximum absolute atomic E-state index is 12.3. The van der Waals surface area contributed by atoms with E-state index in [9.17, 15) is 4.79 Å². The predicted molar refractivity (Wildman–Crippen MR) is 79.9 cm³/mol. The second-order valence-electron chi connectivity index (χ2n) is 5.51. The summed E-state index contributed by atoms with van der Waals surface area (Å²) in [5.74, 6) is 1.73. The molecule has 0 bridgehead atoms. The first-order valence-electron chi connectivity index (χ1n) is 7.23. The van der Waals surface area contributed by atoms with Gasteiger partial charge in [0.1, 0.15) is 13.2 Å². The molecule has 5 nitrogen and oxygen atoms in total. The minimum atomic E-state index is 0.110. The molecule has 2 heterocycles. The van der Waals surface area contributed by atoms with E-state index in [2.05, 4.69) is 0 Å². The van der Waals surface area contributed by atoms with Crippen LogP contribution in [0.5, 0.6) is 11.5 Å². The summed E-state index contributed by atoms with van der Waals surface area (Å²) in [6.45, 7) is 3.19. The number of carbonyl (C=O) groups is 1. The van der Waals surface area contributed by atoms with Gasteiger partial charge in [0.15, 0.2) is 11.5 Å². The first kappa shape index (κ1) is 14.5. The lowest BCUT2D eigenvalue weighted by molar-refractivity contribution is -0.129. The van der Waals surface area contributed by atoms with Gasteiger partial charge >= 0.3 is 0 Å². The number of nitrogens with two attached hydrogens (primary N) is 1. The Bertz CT molecular complexity index is 550. The van der Waals surface area contributed by atoms with E-state index in [1.165, 1.54) is 0 Å². The number of rotatable bonds is 3. The van der Waals surface area contributed by atoms with Gasteiger partial charge in [-0.05, 0) is 36.6 Å². The number of hydrogen-bond donors (Lipinski definition) is 1. The molecule has 6 heteroatoms. The second-order valence-corrected chi connectivity index (χ2v) is 5.92. The number of fused-ring (bicyclic) bond motifs is 1. The number of ether oxygens (including phenoxy) is 2. The van der Waals surface area contributed by atoms with Crippen molar-refractivity contribution in [1.29, 1.82) is 0 Å². The van der Waals surface area contributed by atoms with Crippen LogP contribution in [0.3, 0.4) is 0 Å². The molecule has 0 aromatic heterocycles. The van der Waals surface area contributed by atoms with E-state index in [0.717, 1.165) is 25.1 Å². The van der Waals surface area contributed by atoms with Crippen LogP contribution >= 0.6 is 11.6 Å². The smallest absolute Gasteiger partial charge is 0.227 e. The van der Waals surface area contributed by atoms with Gasteiger partial charge in [0.25, 0.3) is 0 Å². The fraction of sp³-hybridized carbons (Fsp3) is 0.533. The molecule has 1 amide bonds. The molecular formula is C15H19ClN2O3. The summed E-state index contributed by atoms with van der Waals surface area (Å²) in [6, 6.07) is 3.62. The van der Waals surface area contributed by atoms with E-state index in [1.807, 2.05) is 11.0 Å². The molecule has 2 N–H and O–H groups in total. The lowest BCUT2D eigenvalue weighted by Crippen LogP contribution is -2.31. The molecule has 0 aliphatic carbocycles. The molecule has 1 aromatic rings. The largest absolute Gasteiger partial charge is 0.486 e. The molecule has 1 fully saturated rings. The molecule has 21 heavy (non-hydrogen) atoms.